The van der Waals surface area contributed by atoms with Crippen molar-refractivity contribution in [3.05, 3.63) is 84.4 Å². The van der Waals surface area contributed by atoms with E-state index in [4.69, 9.17) is 9.47 Å². The van der Waals surface area contributed by atoms with Gasteiger partial charge in [-0.05, 0) is 60.2 Å². The third kappa shape index (κ3) is 6.10. The fraction of sp³-hybridized carbons (Fsp3) is 0.0870. The van der Waals surface area contributed by atoms with Crippen molar-refractivity contribution in [2.75, 3.05) is 24.3 Å². The molecule has 0 fully saturated rings. The van der Waals surface area contributed by atoms with Crippen LogP contribution in [-0.4, -0.2) is 28.5 Å². The van der Waals surface area contributed by atoms with E-state index in [-0.39, 0.29) is 10.8 Å². The molecule has 1 amide bonds. The lowest BCUT2D eigenvalue weighted by molar-refractivity contribution is -0.111. The minimum atomic E-state index is -3.73. The number of benzene rings is 3. The number of rotatable bonds is 8. The van der Waals surface area contributed by atoms with Crippen LogP contribution in [0.3, 0.4) is 0 Å². The Morgan fingerprint density at radius 2 is 1.52 bits per heavy atom. The Morgan fingerprint density at radius 3 is 2.16 bits per heavy atom. The zero-order chi connectivity index (χ0) is 22.3. The number of hydrogen-bond donors (Lipinski definition) is 2. The van der Waals surface area contributed by atoms with Crippen molar-refractivity contribution in [3.8, 4) is 11.5 Å². The third-order valence-electron chi connectivity index (χ3n) is 4.30. The molecular formula is C23H22N2O5S. The molecule has 0 unspecified atom stereocenters. The van der Waals surface area contributed by atoms with Gasteiger partial charge < -0.3 is 14.8 Å². The Hall–Kier alpha value is -3.78. The predicted octanol–water partition coefficient (Wildman–Crippen LogP) is 4.16. The number of carbonyl (C=O) groups excluding carboxylic acids is 1. The summed E-state index contributed by atoms with van der Waals surface area (Å²) < 4.78 is 37.8. The quantitative estimate of drug-likeness (QED) is 0.515. The number of amides is 1. The lowest BCUT2D eigenvalue weighted by Gasteiger charge is -2.09. The van der Waals surface area contributed by atoms with Gasteiger partial charge in [-0.15, -0.1) is 0 Å². The van der Waals surface area contributed by atoms with E-state index in [9.17, 15) is 13.2 Å². The number of carbonyl (C=O) groups is 1. The highest BCUT2D eigenvalue weighted by atomic mass is 32.2. The Bertz CT molecular complexity index is 1170. The van der Waals surface area contributed by atoms with Crippen LogP contribution in [0.15, 0.2) is 83.8 Å². The highest BCUT2D eigenvalue weighted by Crippen LogP contribution is 2.20. The molecule has 31 heavy (non-hydrogen) atoms. The fourth-order valence-corrected chi connectivity index (χ4v) is 3.75. The summed E-state index contributed by atoms with van der Waals surface area (Å²) in [6.07, 6.45) is 2.97. The van der Waals surface area contributed by atoms with Crippen LogP contribution in [-0.2, 0) is 14.8 Å². The van der Waals surface area contributed by atoms with Gasteiger partial charge >= 0.3 is 0 Å². The zero-order valence-electron chi connectivity index (χ0n) is 17.0. The maximum absolute atomic E-state index is 12.6. The molecule has 160 valence electrons. The zero-order valence-corrected chi connectivity index (χ0v) is 17.8. The first-order chi connectivity index (χ1) is 14.9. The largest absolute Gasteiger partial charge is 0.497 e. The van der Waals surface area contributed by atoms with Crippen LogP contribution in [0.5, 0.6) is 11.5 Å². The number of anilines is 2. The van der Waals surface area contributed by atoms with E-state index in [2.05, 4.69) is 10.0 Å². The summed E-state index contributed by atoms with van der Waals surface area (Å²) in [5.74, 6) is 0.961. The number of methoxy groups -OCH3 is 2. The topological polar surface area (TPSA) is 93.7 Å². The average molecular weight is 439 g/mol. The number of hydrogen-bond acceptors (Lipinski definition) is 5. The van der Waals surface area contributed by atoms with Gasteiger partial charge in [0.1, 0.15) is 11.5 Å². The van der Waals surface area contributed by atoms with Gasteiger partial charge in [0.15, 0.2) is 0 Å². The number of ether oxygens (including phenoxy) is 2. The lowest BCUT2D eigenvalue weighted by Crippen LogP contribution is -2.12. The second-order valence-electron chi connectivity index (χ2n) is 6.46. The Morgan fingerprint density at radius 1 is 0.839 bits per heavy atom. The standard InChI is InChI=1S/C23H22N2O5S/c1-29-20-11-9-18(10-12-20)25-31(27,28)22-13-6-17(7-14-22)8-15-23(26)24-19-4-3-5-21(16-19)30-2/h3-16,25H,1-2H3,(H,24,26)/b15-8+. The summed E-state index contributed by atoms with van der Waals surface area (Å²) in [4.78, 5) is 12.2. The first kappa shape index (κ1) is 21.9. The third-order valence-corrected chi connectivity index (χ3v) is 5.69. The van der Waals surface area contributed by atoms with Gasteiger partial charge in [-0.25, -0.2) is 8.42 Å². The van der Waals surface area contributed by atoms with Gasteiger partial charge in [-0.1, -0.05) is 18.2 Å². The van der Waals surface area contributed by atoms with Gasteiger partial charge in [0, 0.05) is 23.5 Å². The lowest BCUT2D eigenvalue weighted by atomic mass is 10.2. The Labute approximate surface area is 181 Å². The van der Waals surface area contributed by atoms with Crippen molar-refractivity contribution in [1.29, 1.82) is 0 Å². The summed E-state index contributed by atoms with van der Waals surface area (Å²) in [6, 6.07) is 19.8. The first-order valence-electron chi connectivity index (χ1n) is 9.30. The summed E-state index contributed by atoms with van der Waals surface area (Å²) >= 11 is 0. The van der Waals surface area contributed by atoms with Crippen molar-refractivity contribution >= 4 is 33.4 Å². The average Bonchev–Trinajstić information content (AvgIpc) is 2.78. The smallest absolute Gasteiger partial charge is 0.261 e. The maximum Gasteiger partial charge on any atom is 0.261 e. The molecule has 8 heteroatoms. The molecule has 3 aromatic carbocycles. The van der Waals surface area contributed by atoms with Crippen LogP contribution >= 0.6 is 0 Å². The highest BCUT2D eigenvalue weighted by Gasteiger charge is 2.14. The Kier molecular flexibility index (Phi) is 6.94. The van der Waals surface area contributed by atoms with Crippen LogP contribution in [0.1, 0.15) is 5.56 Å². The molecule has 0 atom stereocenters. The van der Waals surface area contributed by atoms with Crippen LogP contribution in [0.2, 0.25) is 0 Å². The van der Waals surface area contributed by atoms with Crippen molar-refractivity contribution < 1.29 is 22.7 Å². The van der Waals surface area contributed by atoms with Crippen molar-refractivity contribution in [3.63, 3.8) is 0 Å². The molecule has 2 N–H and O–H groups in total. The van der Waals surface area contributed by atoms with E-state index in [0.29, 0.717) is 28.4 Å². The number of sulfonamides is 1. The van der Waals surface area contributed by atoms with Crippen molar-refractivity contribution in [2.24, 2.45) is 0 Å². The molecule has 0 aliphatic heterocycles. The molecule has 0 aromatic heterocycles. The highest BCUT2D eigenvalue weighted by molar-refractivity contribution is 7.92. The van der Waals surface area contributed by atoms with E-state index in [1.54, 1.807) is 73.8 Å². The van der Waals surface area contributed by atoms with Gasteiger partial charge in [0.2, 0.25) is 5.91 Å². The van der Waals surface area contributed by atoms with Gasteiger partial charge in [0.05, 0.1) is 19.1 Å². The van der Waals surface area contributed by atoms with Crippen LogP contribution in [0.4, 0.5) is 11.4 Å². The molecule has 0 radical (unpaired) electrons. The minimum Gasteiger partial charge on any atom is -0.497 e. The van der Waals surface area contributed by atoms with Crippen LogP contribution in [0, 0.1) is 0 Å². The molecular weight excluding hydrogens is 416 g/mol. The summed E-state index contributed by atoms with van der Waals surface area (Å²) in [5.41, 5.74) is 1.73. The SMILES string of the molecule is COc1ccc(NS(=O)(=O)c2ccc(/C=C/C(=O)Nc3cccc(OC)c3)cc2)cc1. The molecule has 0 aliphatic carbocycles. The summed E-state index contributed by atoms with van der Waals surface area (Å²) in [5, 5.41) is 2.74. The van der Waals surface area contributed by atoms with Crippen molar-refractivity contribution in [2.45, 2.75) is 4.90 Å². The van der Waals surface area contributed by atoms with E-state index >= 15 is 0 Å². The van der Waals surface area contributed by atoms with Gasteiger partial charge in [-0.2, -0.15) is 0 Å². The maximum atomic E-state index is 12.6. The Balaban J connectivity index is 1.63. The molecule has 7 nitrogen and oxygen atoms in total. The van der Waals surface area contributed by atoms with E-state index in [1.165, 1.54) is 25.3 Å². The van der Waals surface area contributed by atoms with Crippen LogP contribution < -0.4 is 19.5 Å². The summed E-state index contributed by atoms with van der Waals surface area (Å²) in [6.45, 7) is 0. The molecule has 0 spiro atoms. The summed E-state index contributed by atoms with van der Waals surface area (Å²) in [7, 11) is -0.642. The van der Waals surface area contributed by atoms with Crippen molar-refractivity contribution in [1.82, 2.24) is 0 Å². The molecule has 0 saturated heterocycles. The number of nitrogens with one attached hydrogen (secondary N) is 2. The fourth-order valence-electron chi connectivity index (χ4n) is 2.69. The molecule has 0 aliphatic rings. The normalized spacial score (nSPS) is 11.2. The molecule has 0 heterocycles. The predicted molar refractivity (Wildman–Crippen MR) is 121 cm³/mol. The molecule has 0 bridgehead atoms. The van der Waals surface area contributed by atoms with Gasteiger partial charge in [0.25, 0.3) is 10.0 Å². The molecule has 0 saturated carbocycles. The second kappa shape index (κ2) is 9.82. The van der Waals surface area contributed by atoms with Gasteiger partial charge in [-0.3, -0.25) is 9.52 Å². The van der Waals surface area contributed by atoms with E-state index < -0.39 is 10.0 Å². The second-order valence-corrected chi connectivity index (χ2v) is 8.14. The van der Waals surface area contributed by atoms with E-state index in [0.717, 1.165) is 0 Å². The monoisotopic (exact) mass is 438 g/mol. The van der Waals surface area contributed by atoms with Crippen LogP contribution in [0.25, 0.3) is 6.08 Å². The first-order valence-corrected chi connectivity index (χ1v) is 10.8. The van der Waals surface area contributed by atoms with E-state index in [1.807, 2.05) is 0 Å². The molecule has 3 rings (SSSR count). The minimum absolute atomic E-state index is 0.112. The molecule has 3 aromatic rings.